The van der Waals surface area contributed by atoms with Crippen molar-refractivity contribution in [1.82, 2.24) is 9.88 Å². The van der Waals surface area contributed by atoms with Crippen molar-refractivity contribution in [3.8, 4) is 5.75 Å². The smallest absolute Gasteiger partial charge is 0.343 e. The summed E-state index contributed by atoms with van der Waals surface area (Å²) in [4.78, 5) is 28.9. The predicted octanol–water partition coefficient (Wildman–Crippen LogP) is 3.19. The highest BCUT2D eigenvalue weighted by atomic mass is 16.5. The number of aromatic nitrogens is 1. The zero-order valence-electron chi connectivity index (χ0n) is 14.7. The van der Waals surface area contributed by atoms with Gasteiger partial charge in [-0.2, -0.15) is 0 Å². The maximum atomic E-state index is 12.5. The van der Waals surface area contributed by atoms with E-state index in [0.717, 1.165) is 29.4 Å². The van der Waals surface area contributed by atoms with Gasteiger partial charge >= 0.3 is 11.9 Å². The molecule has 6 heteroatoms. The van der Waals surface area contributed by atoms with Crippen LogP contribution in [-0.2, 0) is 6.42 Å². The fourth-order valence-corrected chi connectivity index (χ4v) is 2.78. The fraction of sp³-hybridized carbons (Fsp3) is 0.200. The van der Waals surface area contributed by atoms with Crippen molar-refractivity contribution in [2.75, 3.05) is 20.6 Å². The van der Waals surface area contributed by atoms with Gasteiger partial charge in [-0.05, 0) is 56.4 Å². The van der Waals surface area contributed by atoms with Crippen LogP contribution in [0.25, 0.3) is 10.9 Å². The van der Waals surface area contributed by atoms with E-state index in [0.29, 0.717) is 5.75 Å². The lowest BCUT2D eigenvalue weighted by Crippen LogP contribution is -2.15. The lowest BCUT2D eigenvalue weighted by atomic mass is 10.1. The van der Waals surface area contributed by atoms with Gasteiger partial charge in [-0.25, -0.2) is 9.59 Å². The highest BCUT2D eigenvalue weighted by Crippen LogP contribution is 2.30. The third kappa shape index (κ3) is 3.75. The lowest BCUT2D eigenvalue weighted by molar-refractivity contribution is 0.0697. The topological polar surface area (TPSA) is 82.6 Å². The molecular weight excluding hydrogens is 332 g/mol. The third-order valence-electron chi connectivity index (χ3n) is 4.13. The zero-order valence-corrected chi connectivity index (χ0v) is 14.7. The molecule has 3 rings (SSSR count). The molecule has 26 heavy (non-hydrogen) atoms. The number of nitrogens with zero attached hydrogens (tertiary/aromatic N) is 1. The number of nitrogens with one attached hydrogen (secondary N) is 1. The number of fused-ring (bicyclic) bond motifs is 1. The SMILES string of the molecule is CN(C)CCc1c[nH]c2cccc(OC(=O)c3cccc(C(=O)O)c3)c12. The Balaban J connectivity index is 1.90. The minimum atomic E-state index is -1.08. The van der Waals surface area contributed by atoms with E-state index in [4.69, 9.17) is 9.84 Å². The van der Waals surface area contributed by atoms with Crippen LogP contribution >= 0.6 is 0 Å². The first-order valence-corrected chi connectivity index (χ1v) is 8.25. The molecule has 2 N–H and O–H groups in total. The molecule has 0 radical (unpaired) electrons. The average Bonchev–Trinajstić information content (AvgIpc) is 3.04. The number of carbonyl (C=O) groups is 2. The number of ether oxygens (including phenoxy) is 1. The number of aromatic carboxylic acids is 1. The van der Waals surface area contributed by atoms with Crippen LogP contribution in [-0.4, -0.2) is 47.6 Å². The Hall–Kier alpha value is -3.12. The molecule has 0 saturated carbocycles. The molecule has 3 aromatic rings. The number of carbonyl (C=O) groups excluding carboxylic acids is 1. The summed E-state index contributed by atoms with van der Waals surface area (Å²) in [6, 6.07) is 11.3. The van der Waals surface area contributed by atoms with E-state index in [2.05, 4.69) is 9.88 Å². The van der Waals surface area contributed by atoms with E-state index in [-0.39, 0.29) is 11.1 Å². The number of hydrogen-bond donors (Lipinski definition) is 2. The van der Waals surface area contributed by atoms with E-state index < -0.39 is 11.9 Å². The number of carboxylic acid groups (broad SMARTS) is 1. The Labute approximate surface area is 151 Å². The first kappa shape index (κ1) is 17.7. The molecule has 0 aliphatic carbocycles. The van der Waals surface area contributed by atoms with E-state index in [1.54, 1.807) is 12.1 Å². The second kappa shape index (κ2) is 7.41. The third-order valence-corrected chi connectivity index (χ3v) is 4.13. The number of H-pyrrole nitrogens is 1. The van der Waals surface area contributed by atoms with Gasteiger partial charge in [0, 0.05) is 23.6 Å². The molecular formula is C20H20N2O4. The van der Waals surface area contributed by atoms with Crippen molar-refractivity contribution >= 4 is 22.8 Å². The summed E-state index contributed by atoms with van der Waals surface area (Å²) in [5.74, 6) is -1.21. The van der Waals surface area contributed by atoms with E-state index in [9.17, 15) is 9.59 Å². The molecule has 0 spiro atoms. The Morgan fingerprint density at radius 2 is 1.85 bits per heavy atom. The van der Waals surface area contributed by atoms with Gasteiger partial charge in [-0.3, -0.25) is 0 Å². The van der Waals surface area contributed by atoms with Gasteiger partial charge in [-0.1, -0.05) is 12.1 Å². The van der Waals surface area contributed by atoms with Gasteiger partial charge in [-0.15, -0.1) is 0 Å². The summed E-state index contributed by atoms with van der Waals surface area (Å²) >= 11 is 0. The summed E-state index contributed by atoms with van der Waals surface area (Å²) in [6.07, 6.45) is 2.74. The van der Waals surface area contributed by atoms with Crippen LogP contribution in [0.2, 0.25) is 0 Å². The van der Waals surface area contributed by atoms with Crippen molar-refractivity contribution < 1.29 is 19.4 Å². The van der Waals surface area contributed by atoms with Gasteiger partial charge in [0.1, 0.15) is 5.75 Å². The molecule has 0 aliphatic rings. The van der Waals surface area contributed by atoms with Crippen LogP contribution in [0.1, 0.15) is 26.3 Å². The van der Waals surface area contributed by atoms with Crippen molar-refractivity contribution in [1.29, 1.82) is 0 Å². The number of carboxylic acids is 1. The molecule has 6 nitrogen and oxygen atoms in total. The number of rotatable bonds is 6. The monoisotopic (exact) mass is 352 g/mol. The Morgan fingerprint density at radius 3 is 2.58 bits per heavy atom. The normalized spacial score (nSPS) is 11.0. The van der Waals surface area contributed by atoms with Crippen LogP contribution in [0.5, 0.6) is 5.75 Å². The molecule has 0 aliphatic heterocycles. The summed E-state index contributed by atoms with van der Waals surface area (Å²) in [6.45, 7) is 0.871. The van der Waals surface area contributed by atoms with Gasteiger partial charge in [0.2, 0.25) is 0 Å². The second-order valence-corrected chi connectivity index (χ2v) is 6.32. The summed E-state index contributed by atoms with van der Waals surface area (Å²) in [5, 5.41) is 9.95. The summed E-state index contributed by atoms with van der Waals surface area (Å²) in [5.41, 5.74) is 2.21. The van der Waals surface area contributed by atoms with Gasteiger partial charge in [0.15, 0.2) is 0 Å². The molecule has 2 aromatic carbocycles. The highest BCUT2D eigenvalue weighted by molar-refractivity contribution is 5.98. The maximum Gasteiger partial charge on any atom is 0.343 e. The molecule has 0 atom stereocenters. The van der Waals surface area contributed by atoms with Crippen LogP contribution in [0, 0.1) is 0 Å². The molecule has 0 amide bonds. The largest absolute Gasteiger partial charge is 0.478 e. The van der Waals surface area contributed by atoms with Crippen molar-refractivity contribution in [3.05, 3.63) is 65.4 Å². The maximum absolute atomic E-state index is 12.5. The first-order chi connectivity index (χ1) is 12.5. The number of aromatic amines is 1. The van der Waals surface area contributed by atoms with Gasteiger partial charge in [0.25, 0.3) is 0 Å². The first-order valence-electron chi connectivity index (χ1n) is 8.25. The van der Waals surface area contributed by atoms with Crippen LogP contribution in [0.4, 0.5) is 0 Å². The molecule has 1 heterocycles. The number of likely N-dealkylation sites (N-methyl/N-ethyl adjacent to an activating group) is 1. The van der Waals surface area contributed by atoms with Crippen molar-refractivity contribution in [2.45, 2.75) is 6.42 Å². The molecule has 0 fully saturated rings. The second-order valence-electron chi connectivity index (χ2n) is 6.32. The summed E-state index contributed by atoms with van der Waals surface area (Å²) in [7, 11) is 4.01. The highest BCUT2D eigenvalue weighted by Gasteiger charge is 2.15. The Morgan fingerprint density at radius 1 is 1.12 bits per heavy atom. The summed E-state index contributed by atoms with van der Waals surface area (Å²) < 4.78 is 5.59. The van der Waals surface area contributed by atoms with Crippen molar-refractivity contribution in [3.63, 3.8) is 0 Å². The van der Waals surface area contributed by atoms with E-state index >= 15 is 0 Å². The van der Waals surface area contributed by atoms with Crippen LogP contribution in [0.15, 0.2) is 48.7 Å². The molecule has 0 unspecified atom stereocenters. The number of benzene rings is 2. The Bertz CT molecular complexity index is 959. The number of hydrogen-bond acceptors (Lipinski definition) is 4. The minimum Gasteiger partial charge on any atom is -0.478 e. The quantitative estimate of drug-likeness (QED) is 0.526. The fourth-order valence-electron chi connectivity index (χ4n) is 2.78. The van der Waals surface area contributed by atoms with Gasteiger partial charge in [0.05, 0.1) is 11.1 Å². The predicted molar refractivity (Wildman–Crippen MR) is 98.9 cm³/mol. The number of esters is 1. The van der Waals surface area contributed by atoms with Crippen molar-refractivity contribution in [2.24, 2.45) is 0 Å². The lowest BCUT2D eigenvalue weighted by Gasteiger charge is -2.10. The molecule has 134 valence electrons. The molecule has 1 aromatic heterocycles. The standard InChI is InChI=1S/C20H20N2O4/c1-22(2)10-9-15-12-21-16-7-4-8-17(18(15)16)26-20(25)14-6-3-5-13(11-14)19(23)24/h3-8,11-12,21H,9-10H2,1-2H3,(H,23,24). The van der Waals surface area contributed by atoms with Crippen LogP contribution in [0.3, 0.4) is 0 Å². The van der Waals surface area contributed by atoms with Gasteiger partial charge < -0.3 is 19.7 Å². The average molecular weight is 352 g/mol. The molecule has 0 saturated heterocycles. The zero-order chi connectivity index (χ0) is 18.7. The van der Waals surface area contributed by atoms with Crippen LogP contribution < -0.4 is 4.74 Å². The van der Waals surface area contributed by atoms with E-state index in [1.807, 2.05) is 32.4 Å². The minimum absolute atomic E-state index is 0.0472. The molecule has 0 bridgehead atoms. The van der Waals surface area contributed by atoms with E-state index in [1.165, 1.54) is 18.2 Å². The Kier molecular flexibility index (Phi) is 5.04.